The van der Waals surface area contributed by atoms with Gasteiger partial charge >= 0.3 is 0 Å². The van der Waals surface area contributed by atoms with Crippen LogP contribution in [0.4, 0.5) is 5.82 Å². The number of sulfonamides is 1. The second-order valence-electron chi connectivity index (χ2n) is 4.70. The van der Waals surface area contributed by atoms with Crippen LogP contribution < -0.4 is 5.32 Å². The van der Waals surface area contributed by atoms with E-state index in [1.165, 1.54) is 10.6 Å². The summed E-state index contributed by atoms with van der Waals surface area (Å²) in [7, 11) is -1.20. The van der Waals surface area contributed by atoms with Crippen molar-refractivity contribution in [2.75, 3.05) is 44.8 Å². The summed E-state index contributed by atoms with van der Waals surface area (Å²) < 4.78 is 24.4. The Labute approximate surface area is 114 Å². The van der Waals surface area contributed by atoms with Gasteiger partial charge in [-0.05, 0) is 6.07 Å². The molecule has 2 heterocycles. The van der Waals surface area contributed by atoms with Crippen LogP contribution in [0.3, 0.4) is 0 Å². The zero-order chi connectivity index (χ0) is 13.9. The zero-order valence-electron chi connectivity index (χ0n) is 11.3. The lowest BCUT2D eigenvalue weighted by atomic mass is 10.2. The van der Waals surface area contributed by atoms with Crippen molar-refractivity contribution < 1.29 is 8.42 Å². The van der Waals surface area contributed by atoms with Crippen molar-refractivity contribution in [2.45, 2.75) is 6.54 Å². The molecule has 0 bridgehead atoms. The predicted octanol–water partition coefficient (Wildman–Crippen LogP) is 0.201. The largest absolute Gasteiger partial charge is 0.373 e. The van der Waals surface area contributed by atoms with Gasteiger partial charge in [0.15, 0.2) is 0 Å². The first kappa shape index (κ1) is 14.2. The SMILES string of the molecule is CNc1ncccc1CN1CCN(S(C)(=O)=O)CC1. The molecular formula is C12H20N4O2S. The lowest BCUT2D eigenvalue weighted by Crippen LogP contribution is -2.47. The minimum Gasteiger partial charge on any atom is -0.373 e. The van der Waals surface area contributed by atoms with E-state index >= 15 is 0 Å². The standard InChI is InChI=1S/C12H20N4O2S/c1-13-12-11(4-3-5-14-12)10-15-6-8-16(9-7-15)19(2,17)18/h3-5H,6-10H2,1-2H3,(H,13,14). The van der Waals surface area contributed by atoms with Crippen LogP contribution in [0.25, 0.3) is 0 Å². The third-order valence-electron chi connectivity index (χ3n) is 3.32. The Kier molecular flexibility index (Phi) is 4.38. The van der Waals surface area contributed by atoms with Crippen molar-refractivity contribution >= 4 is 15.8 Å². The van der Waals surface area contributed by atoms with Crippen molar-refractivity contribution in [3.8, 4) is 0 Å². The number of hydrogen-bond donors (Lipinski definition) is 1. The number of hydrogen-bond acceptors (Lipinski definition) is 5. The molecule has 1 fully saturated rings. The van der Waals surface area contributed by atoms with Gasteiger partial charge < -0.3 is 5.32 Å². The Balaban J connectivity index is 1.96. The van der Waals surface area contributed by atoms with Crippen LogP contribution in [0.1, 0.15) is 5.56 Å². The van der Waals surface area contributed by atoms with Crippen LogP contribution in [0.2, 0.25) is 0 Å². The highest BCUT2D eigenvalue weighted by Gasteiger charge is 2.23. The number of pyridine rings is 1. The van der Waals surface area contributed by atoms with Crippen molar-refractivity contribution in [1.29, 1.82) is 0 Å². The molecule has 1 aliphatic rings. The molecule has 0 atom stereocenters. The lowest BCUT2D eigenvalue weighted by molar-refractivity contribution is 0.182. The predicted molar refractivity (Wildman–Crippen MR) is 75.5 cm³/mol. The summed E-state index contributed by atoms with van der Waals surface area (Å²) in [6, 6.07) is 3.96. The van der Waals surface area contributed by atoms with E-state index in [2.05, 4.69) is 15.2 Å². The molecule has 1 aromatic rings. The van der Waals surface area contributed by atoms with Gasteiger partial charge in [0, 0.05) is 51.5 Å². The maximum absolute atomic E-state index is 11.4. The molecule has 0 amide bonds. The topological polar surface area (TPSA) is 65.5 Å². The smallest absolute Gasteiger partial charge is 0.211 e. The highest BCUT2D eigenvalue weighted by molar-refractivity contribution is 7.88. The molecule has 6 nitrogen and oxygen atoms in total. The first-order valence-corrected chi connectivity index (χ1v) is 8.14. The van der Waals surface area contributed by atoms with E-state index in [1.807, 2.05) is 19.2 Å². The Morgan fingerprint density at radius 1 is 1.32 bits per heavy atom. The van der Waals surface area contributed by atoms with Crippen molar-refractivity contribution in [2.24, 2.45) is 0 Å². The Hall–Kier alpha value is -1.18. The van der Waals surface area contributed by atoms with Crippen molar-refractivity contribution in [1.82, 2.24) is 14.2 Å². The summed E-state index contributed by atoms with van der Waals surface area (Å²) in [4.78, 5) is 6.52. The summed E-state index contributed by atoms with van der Waals surface area (Å²) >= 11 is 0. The fraction of sp³-hybridized carbons (Fsp3) is 0.583. The summed E-state index contributed by atoms with van der Waals surface area (Å²) in [5, 5.41) is 3.07. The summed E-state index contributed by atoms with van der Waals surface area (Å²) in [6.07, 6.45) is 3.03. The molecule has 0 aromatic carbocycles. The van der Waals surface area contributed by atoms with E-state index in [-0.39, 0.29) is 0 Å². The zero-order valence-corrected chi connectivity index (χ0v) is 12.2. The van der Waals surface area contributed by atoms with Crippen molar-refractivity contribution in [3.63, 3.8) is 0 Å². The molecule has 0 unspecified atom stereocenters. The first-order chi connectivity index (χ1) is 9.00. The molecule has 0 spiro atoms. The number of nitrogens with one attached hydrogen (secondary N) is 1. The minimum absolute atomic E-state index is 0.563. The monoisotopic (exact) mass is 284 g/mol. The molecule has 0 aliphatic carbocycles. The van der Waals surface area contributed by atoms with E-state index in [4.69, 9.17) is 0 Å². The van der Waals surface area contributed by atoms with Crippen LogP contribution in [0, 0.1) is 0 Å². The number of rotatable bonds is 4. The molecule has 1 aromatic heterocycles. The van der Waals surface area contributed by atoms with Gasteiger partial charge in [-0.2, -0.15) is 4.31 Å². The Morgan fingerprint density at radius 2 is 2.00 bits per heavy atom. The molecule has 7 heteroatoms. The second-order valence-corrected chi connectivity index (χ2v) is 6.68. The fourth-order valence-electron chi connectivity index (χ4n) is 2.25. The highest BCUT2D eigenvalue weighted by atomic mass is 32.2. The van der Waals surface area contributed by atoms with Gasteiger partial charge in [0.1, 0.15) is 5.82 Å². The summed E-state index contributed by atoms with van der Waals surface area (Å²) in [6.45, 7) is 3.43. The maximum Gasteiger partial charge on any atom is 0.211 e. The van der Waals surface area contributed by atoms with Crippen LogP contribution >= 0.6 is 0 Å². The molecule has 1 aliphatic heterocycles. The number of piperazine rings is 1. The van der Waals surface area contributed by atoms with E-state index in [0.717, 1.165) is 31.0 Å². The Bertz CT molecular complexity index is 524. The van der Waals surface area contributed by atoms with E-state index in [0.29, 0.717) is 13.1 Å². The average Bonchev–Trinajstić information content (AvgIpc) is 2.39. The van der Waals surface area contributed by atoms with Gasteiger partial charge in [0.05, 0.1) is 6.26 Å². The van der Waals surface area contributed by atoms with E-state index in [9.17, 15) is 8.42 Å². The average molecular weight is 284 g/mol. The van der Waals surface area contributed by atoms with Gasteiger partial charge in [-0.1, -0.05) is 6.07 Å². The molecule has 0 saturated carbocycles. The van der Waals surface area contributed by atoms with E-state index in [1.54, 1.807) is 6.20 Å². The quantitative estimate of drug-likeness (QED) is 0.855. The summed E-state index contributed by atoms with van der Waals surface area (Å²) in [5.74, 6) is 0.882. The molecule has 106 valence electrons. The third-order valence-corrected chi connectivity index (χ3v) is 4.63. The molecule has 19 heavy (non-hydrogen) atoms. The number of aromatic nitrogens is 1. The van der Waals surface area contributed by atoms with Crippen molar-refractivity contribution in [3.05, 3.63) is 23.9 Å². The molecule has 0 radical (unpaired) electrons. The normalized spacial score (nSPS) is 18.4. The Morgan fingerprint density at radius 3 is 2.58 bits per heavy atom. The van der Waals surface area contributed by atoms with Gasteiger partial charge in [0.25, 0.3) is 0 Å². The summed E-state index contributed by atoms with van der Waals surface area (Å²) in [5.41, 5.74) is 1.14. The minimum atomic E-state index is -3.05. The second kappa shape index (κ2) is 5.85. The van der Waals surface area contributed by atoms with Crippen LogP contribution in [-0.4, -0.2) is 62.1 Å². The van der Waals surface area contributed by atoms with Gasteiger partial charge in [0.2, 0.25) is 10.0 Å². The van der Waals surface area contributed by atoms with Gasteiger partial charge in [-0.15, -0.1) is 0 Å². The lowest BCUT2D eigenvalue weighted by Gasteiger charge is -2.33. The van der Waals surface area contributed by atoms with Crippen LogP contribution in [-0.2, 0) is 16.6 Å². The highest BCUT2D eigenvalue weighted by Crippen LogP contribution is 2.15. The maximum atomic E-state index is 11.4. The molecule has 1 saturated heterocycles. The first-order valence-electron chi connectivity index (χ1n) is 6.30. The third kappa shape index (κ3) is 3.65. The van der Waals surface area contributed by atoms with Crippen LogP contribution in [0.5, 0.6) is 0 Å². The van der Waals surface area contributed by atoms with Gasteiger partial charge in [-0.3, -0.25) is 4.90 Å². The fourth-order valence-corrected chi connectivity index (χ4v) is 3.08. The molecule has 2 rings (SSSR count). The number of nitrogens with zero attached hydrogens (tertiary/aromatic N) is 3. The number of anilines is 1. The van der Waals surface area contributed by atoms with Crippen LogP contribution in [0.15, 0.2) is 18.3 Å². The van der Waals surface area contributed by atoms with E-state index < -0.39 is 10.0 Å². The molecular weight excluding hydrogens is 264 g/mol. The molecule has 1 N–H and O–H groups in total. The van der Waals surface area contributed by atoms with Gasteiger partial charge in [-0.25, -0.2) is 13.4 Å².